The number of aliphatic hydroxyl groups excluding tert-OH is 1. The van der Waals surface area contributed by atoms with Crippen molar-refractivity contribution in [2.45, 2.75) is 6.10 Å². The molecule has 0 amide bonds. The zero-order chi connectivity index (χ0) is 14.7. The second-order valence-electron chi connectivity index (χ2n) is 4.13. The minimum absolute atomic E-state index is 0.0232. The molecule has 2 N–H and O–H groups in total. The number of hydrogen-bond donors (Lipinski definition) is 2. The SMILES string of the molecule is OC(CNc1c(F)cccc1Cl)c1c(F)cccc1F. The molecule has 0 heterocycles. The van der Waals surface area contributed by atoms with Crippen LogP contribution in [-0.2, 0) is 0 Å². The first-order valence-electron chi connectivity index (χ1n) is 5.80. The fourth-order valence-electron chi connectivity index (χ4n) is 1.80. The normalized spacial score (nSPS) is 12.2. The molecule has 2 rings (SSSR count). The van der Waals surface area contributed by atoms with Crippen LogP contribution in [0.15, 0.2) is 36.4 Å². The highest BCUT2D eigenvalue weighted by molar-refractivity contribution is 6.33. The second-order valence-corrected chi connectivity index (χ2v) is 4.54. The van der Waals surface area contributed by atoms with Gasteiger partial charge < -0.3 is 10.4 Å². The van der Waals surface area contributed by atoms with E-state index in [0.29, 0.717) is 0 Å². The van der Waals surface area contributed by atoms with Crippen LogP contribution in [0.2, 0.25) is 5.02 Å². The molecule has 0 aliphatic rings. The van der Waals surface area contributed by atoms with Gasteiger partial charge in [-0.3, -0.25) is 0 Å². The predicted molar refractivity (Wildman–Crippen MR) is 71.2 cm³/mol. The zero-order valence-electron chi connectivity index (χ0n) is 10.2. The van der Waals surface area contributed by atoms with Gasteiger partial charge in [0.1, 0.15) is 23.6 Å². The molecule has 2 nitrogen and oxygen atoms in total. The van der Waals surface area contributed by atoms with E-state index in [0.717, 1.165) is 12.1 Å². The Kier molecular flexibility index (Phi) is 4.52. The first-order valence-corrected chi connectivity index (χ1v) is 6.18. The minimum atomic E-state index is -1.47. The third-order valence-electron chi connectivity index (χ3n) is 2.77. The van der Waals surface area contributed by atoms with Gasteiger partial charge in [0.25, 0.3) is 0 Å². The third-order valence-corrected chi connectivity index (χ3v) is 3.08. The van der Waals surface area contributed by atoms with Crippen molar-refractivity contribution < 1.29 is 18.3 Å². The van der Waals surface area contributed by atoms with Gasteiger partial charge in [-0.2, -0.15) is 0 Å². The summed E-state index contributed by atoms with van der Waals surface area (Å²) in [5.41, 5.74) is -0.488. The average molecular weight is 302 g/mol. The van der Waals surface area contributed by atoms with Gasteiger partial charge in [-0.1, -0.05) is 23.7 Å². The Labute approximate surface area is 118 Å². The molecule has 1 atom stereocenters. The summed E-state index contributed by atoms with van der Waals surface area (Å²) in [5.74, 6) is -2.34. The second kappa shape index (κ2) is 6.15. The van der Waals surface area contributed by atoms with Gasteiger partial charge >= 0.3 is 0 Å². The Hall–Kier alpha value is -1.72. The number of para-hydroxylation sites is 1. The molecule has 0 aliphatic carbocycles. The minimum Gasteiger partial charge on any atom is -0.386 e. The summed E-state index contributed by atoms with van der Waals surface area (Å²) in [6, 6.07) is 7.35. The van der Waals surface area contributed by atoms with Crippen LogP contribution in [0.3, 0.4) is 0 Å². The molecule has 0 fully saturated rings. The van der Waals surface area contributed by atoms with Crippen molar-refractivity contribution in [2.24, 2.45) is 0 Å². The van der Waals surface area contributed by atoms with Crippen molar-refractivity contribution in [1.82, 2.24) is 0 Å². The number of anilines is 1. The van der Waals surface area contributed by atoms with Gasteiger partial charge in [0.2, 0.25) is 0 Å². The third kappa shape index (κ3) is 3.05. The Morgan fingerprint density at radius 1 is 1.00 bits per heavy atom. The number of hydrogen-bond acceptors (Lipinski definition) is 2. The summed E-state index contributed by atoms with van der Waals surface area (Å²) in [4.78, 5) is 0. The lowest BCUT2D eigenvalue weighted by Crippen LogP contribution is -2.16. The van der Waals surface area contributed by atoms with E-state index in [4.69, 9.17) is 11.6 Å². The van der Waals surface area contributed by atoms with Crippen LogP contribution in [0.25, 0.3) is 0 Å². The quantitative estimate of drug-likeness (QED) is 0.897. The zero-order valence-corrected chi connectivity index (χ0v) is 11.0. The molecule has 2 aromatic carbocycles. The molecule has 0 bridgehead atoms. The molecule has 0 aliphatic heterocycles. The van der Waals surface area contributed by atoms with Crippen molar-refractivity contribution in [1.29, 1.82) is 0 Å². The number of benzene rings is 2. The standard InChI is InChI=1S/C14H11ClF3NO/c15-8-3-1-6-11(18)14(8)19-7-12(20)13-9(16)4-2-5-10(13)17/h1-6,12,19-20H,7H2. The first-order chi connectivity index (χ1) is 9.50. The highest BCUT2D eigenvalue weighted by Crippen LogP contribution is 2.26. The lowest BCUT2D eigenvalue weighted by atomic mass is 10.1. The number of rotatable bonds is 4. The van der Waals surface area contributed by atoms with Crippen LogP contribution < -0.4 is 5.32 Å². The molecule has 0 saturated carbocycles. The van der Waals surface area contributed by atoms with Crippen molar-refractivity contribution in [3.63, 3.8) is 0 Å². The molecule has 0 spiro atoms. The summed E-state index contributed by atoms with van der Waals surface area (Å²) in [5, 5.41) is 12.5. The van der Waals surface area contributed by atoms with Gasteiger partial charge in [0.05, 0.1) is 16.3 Å². The maximum absolute atomic E-state index is 13.5. The summed E-state index contributed by atoms with van der Waals surface area (Å²) in [6.07, 6.45) is -1.47. The lowest BCUT2D eigenvalue weighted by molar-refractivity contribution is 0.181. The predicted octanol–water partition coefficient (Wildman–Crippen LogP) is 3.90. The van der Waals surface area contributed by atoms with E-state index >= 15 is 0 Å². The van der Waals surface area contributed by atoms with Crippen LogP contribution in [0.5, 0.6) is 0 Å². The van der Waals surface area contributed by atoms with Crippen LogP contribution in [0.4, 0.5) is 18.9 Å². The van der Waals surface area contributed by atoms with Gasteiger partial charge in [-0.15, -0.1) is 0 Å². The van der Waals surface area contributed by atoms with Crippen molar-refractivity contribution in [3.05, 3.63) is 64.4 Å². The van der Waals surface area contributed by atoms with E-state index < -0.39 is 29.1 Å². The fourth-order valence-corrected chi connectivity index (χ4v) is 2.03. The molecular weight excluding hydrogens is 291 g/mol. The Balaban J connectivity index is 2.15. The maximum atomic E-state index is 13.5. The fraction of sp³-hybridized carbons (Fsp3) is 0.143. The molecule has 0 saturated heterocycles. The largest absolute Gasteiger partial charge is 0.386 e. The summed E-state index contributed by atoms with van der Waals surface area (Å²) in [6.45, 7) is -0.279. The topological polar surface area (TPSA) is 32.3 Å². The van der Waals surface area contributed by atoms with Gasteiger partial charge in [-0.05, 0) is 24.3 Å². The molecule has 20 heavy (non-hydrogen) atoms. The lowest BCUT2D eigenvalue weighted by Gasteiger charge is -2.15. The highest BCUT2D eigenvalue weighted by atomic mass is 35.5. The number of nitrogens with one attached hydrogen (secondary N) is 1. The van der Waals surface area contributed by atoms with E-state index in [1.807, 2.05) is 0 Å². The molecular formula is C14H11ClF3NO. The first kappa shape index (κ1) is 14.7. The van der Waals surface area contributed by atoms with Crippen LogP contribution in [-0.4, -0.2) is 11.7 Å². The van der Waals surface area contributed by atoms with Crippen molar-refractivity contribution in [3.8, 4) is 0 Å². The smallest absolute Gasteiger partial charge is 0.147 e. The van der Waals surface area contributed by atoms with E-state index in [1.165, 1.54) is 24.3 Å². The molecule has 6 heteroatoms. The molecule has 2 aromatic rings. The Morgan fingerprint density at radius 2 is 1.55 bits per heavy atom. The van der Waals surface area contributed by atoms with Gasteiger partial charge in [0, 0.05) is 6.54 Å². The highest BCUT2D eigenvalue weighted by Gasteiger charge is 2.18. The molecule has 106 valence electrons. The Bertz CT molecular complexity index is 581. The summed E-state index contributed by atoms with van der Waals surface area (Å²) < 4.78 is 40.4. The Morgan fingerprint density at radius 3 is 2.15 bits per heavy atom. The van der Waals surface area contributed by atoms with Gasteiger partial charge in [0.15, 0.2) is 0 Å². The average Bonchev–Trinajstić information content (AvgIpc) is 2.38. The number of halogens is 4. The van der Waals surface area contributed by atoms with Crippen LogP contribution in [0, 0.1) is 17.5 Å². The van der Waals surface area contributed by atoms with E-state index in [9.17, 15) is 18.3 Å². The molecule has 1 unspecified atom stereocenters. The summed E-state index contributed by atoms with van der Waals surface area (Å²) in [7, 11) is 0. The monoisotopic (exact) mass is 301 g/mol. The van der Waals surface area contributed by atoms with Crippen molar-refractivity contribution >= 4 is 17.3 Å². The van der Waals surface area contributed by atoms with Crippen LogP contribution in [0.1, 0.15) is 11.7 Å². The van der Waals surface area contributed by atoms with E-state index in [1.54, 1.807) is 0 Å². The number of aliphatic hydroxyl groups is 1. The van der Waals surface area contributed by atoms with Crippen LogP contribution >= 0.6 is 11.6 Å². The van der Waals surface area contributed by atoms with Gasteiger partial charge in [-0.25, -0.2) is 13.2 Å². The maximum Gasteiger partial charge on any atom is 0.147 e. The molecule has 0 aromatic heterocycles. The van der Waals surface area contributed by atoms with E-state index in [-0.39, 0.29) is 17.3 Å². The van der Waals surface area contributed by atoms with Crippen molar-refractivity contribution in [2.75, 3.05) is 11.9 Å². The molecule has 0 radical (unpaired) electrons. The summed E-state index contributed by atoms with van der Waals surface area (Å²) >= 11 is 5.79. The van der Waals surface area contributed by atoms with E-state index in [2.05, 4.69) is 5.32 Å².